The van der Waals surface area contributed by atoms with Crippen LogP contribution in [0.4, 0.5) is 0 Å². The SMILES string of the molecule is CCCCC1(C(=O)O)N=CN(C2CCCC2)C1C=Cc1ccccc1. The average molecular weight is 340 g/mol. The van der Waals surface area contributed by atoms with Crippen LogP contribution in [0.2, 0.25) is 0 Å². The molecule has 1 aromatic carbocycles. The standard InChI is InChI=1S/C21H28N2O2/c1-2-3-15-21(20(24)25)19(14-13-17-9-5-4-6-10-17)23(16-22-21)18-11-7-8-12-18/h4-6,9-10,13-14,16,18-19H,2-3,7-8,11-12,15H2,1H3,(H,24,25). The number of carboxylic acid groups (broad SMARTS) is 1. The zero-order valence-corrected chi connectivity index (χ0v) is 15.0. The van der Waals surface area contributed by atoms with E-state index >= 15 is 0 Å². The lowest BCUT2D eigenvalue weighted by Gasteiger charge is -2.35. The van der Waals surface area contributed by atoms with Gasteiger partial charge in [0, 0.05) is 6.04 Å². The lowest BCUT2D eigenvalue weighted by molar-refractivity contribution is -0.144. The van der Waals surface area contributed by atoms with Crippen molar-refractivity contribution in [2.75, 3.05) is 0 Å². The highest BCUT2D eigenvalue weighted by Crippen LogP contribution is 2.37. The van der Waals surface area contributed by atoms with Gasteiger partial charge < -0.3 is 10.0 Å². The predicted molar refractivity (Wildman–Crippen MR) is 102 cm³/mol. The van der Waals surface area contributed by atoms with E-state index in [9.17, 15) is 9.90 Å². The molecular formula is C21H28N2O2. The molecule has 1 aliphatic carbocycles. The van der Waals surface area contributed by atoms with Crippen LogP contribution in [0.15, 0.2) is 41.4 Å². The summed E-state index contributed by atoms with van der Waals surface area (Å²) < 4.78 is 0. The summed E-state index contributed by atoms with van der Waals surface area (Å²) in [4.78, 5) is 19.0. The fourth-order valence-electron chi connectivity index (χ4n) is 4.06. The maximum Gasteiger partial charge on any atom is 0.334 e. The van der Waals surface area contributed by atoms with Crippen LogP contribution < -0.4 is 0 Å². The molecule has 2 aliphatic rings. The van der Waals surface area contributed by atoms with Crippen LogP contribution in [0.3, 0.4) is 0 Å². The van der Waals surface area contributed by atoms with Gasteiger partial charge in [-0.05, 0) is 24.8 Å². The van der Waals surface area contributed by atoms with Crippen molar-refractivity contribution >= 4 is 18.4 Å². The molecule has 3 rings (SSSR count). The lowest BCUT2D eigenvalue weighted by atomic mass is 9.84. The molecule has 4 heteroatoms. The van der Waals surface area contributed by atoms with E-state index in [0.717, 1.165) is 31.2 Å². The molecule has 2 unspecified atom stereocenters. The normalized spacial score (nSPS) is 26.8. The minimum absolute atomic E-state index is 0.208. The molecule has 134 valence electrons. The van der Waals surface area contributed by atoms with E-state index in [1.807, 2.05) is 42.7 Å². The monoisotopic (exact) mass is 340 g/mol. The number of hydrogen-bond donors (Lipinski definition) is 1. The summed E-state index contributed by atoms with van der Waals surface area (Å²) in [6.07, 6.45) is 13.1. The van der Waals surface area contributed by atoms with Gasteiger partial charge in [-0.1, -0.05) is 75.1 Å². The molecule has 25 heavy (non-hydrogen) atoms. The molecule has 0 spiro atoms. The van der Waals surface area contributed by atoms with Crippen molar-refractivity contribution < 1.29 is 9.90 Å². The largest absolute Gasteiger partial charge is 0.479 e. The highest BCUT2D eigenvalue weighted by atomic mass is 16.4. The first-order valence-electron chi connectivity index (χ1n) is 9.47. The summed E-state index contributed by atoms with van der Waals surface area (Å²) in [6, 6.07) is 10.3. The Balaban J connectivity index is 1.91. The highest BCUT2D eigenvalue weighted by Gasteiger charge is 2.51. The number of aliphatic imine (C=N–C) groups is 1. The Morgan fingerprint density at radius 1 is 1.32 bits per heavy atom. The number of aliphatic carboxylic acids is 1. The zero-order valence-electron chi connectivity index (χ0n) is 15.0. The first-order chi connectivity index (χ1) is 12.2. The molecule has 1 heterocycles. The average Bonchev–Trinajstić information content (AvgIpc) is 3.27. The molecule has 0 radical (unpaired) electrons. The first kappa shape index (κ1) is 17.7. The molecule has 0 bridgehead atoms. The van der Waals surface area contributed by atoms with Crippen LogP contribution in [-0.2, 0) is 4.79 Å². The van der Waals surface area contributed by atoms with Gasteiger partial charge in [0.25, 0.3) is 0 Å². The van der Waals surface area contributed by atoms with Crippen LogP contribution in [0, 0.1) is 0 Å². The zero-order chi connectivity index (χ0) is 17.7. The Bertz CT molecular complexity index is 635. The van der Waals surface area contributed by atoms with Gasteiger partial charge in [-0.25, -0.2) is 4.79 Å². The van der Waals surface area contributed by atoms with E-state index in [0.29, 0.717) is 12.5 Å². The Hall–Kier alpha value is -2.10. The van der Waals surface area contributed by atoms with Crippen LogP contribution >= 0.6 is 0 Å². The maximum atomic E-state index is 12.2. The van der Waals surface area contributed by atoms with Crippen molar-refractivity contribution in [3.8, 4) is 0 Å². The third kappa shape index (κ3) is 3.63. The molecule has 1 aromatic rings. The summed E-state index contributed by atoms with van der Waals surface area (Å²) >= 11 is 0. The van der Waals surface area contributed by atoms with Crippen molar-refractivity contribution in [3.05, 3.63) is 42.0 Å². The van der Waals surface area contributed by atoms with Crippen molar-refractivity contribution in [2.45, 2.75) is 69.5 Å². The maximum absolute atomic E-state index is 12.2. The summed E-state index contributed by atoms with van der Waals surface area (Å²) in [7, 11) is 0. The number of hydrogen-bond acceptors (Lipinski definition) is 3. The predicted octanol–water partition coefficient (Wildman–Crippen LogP) is 4.37. The number of rotatable bonds is 7. The van der Waals surface area contributed by atoms with Gasteiger partial charge in [0.05, 0.1) is 12.4 Å². The summed E-state index contributed by atoms with van der Waals surface area (Å²) in [5.74, 6) is -0.805. The molecular weight excluding hydrogens is 312 g/mol. The number of carbonyl (C=O) groups is 1. The summed E-state index contributed by atoms with van der Waals surface area (Å²) in [6.45, 7) is 2.10. The van der Waals surface area contributed by atoms with Crippen molar-refractivity contribution in [3.63, 3.8) is 0 Å². The third-order valence-electron chi connectivity index (χ3n) is 5.53. The molecule has 1 saturated carbocycles. The number of benzene rings is 1. The van der Waals surface area contributed by atoms with E-state index in [-0.39, 0.29) is 6.04 Å². The summed E-state index contributed by atoms with van der Waals surface area (Å²) in [5, 5.41) is 10.0. The van der Waals surface area contributed by atoms with Gasteiger partial charge in [0.15, 0.2) is 5.54 Å². The minimum Gasteiger partial charge on any atom is -0.479 e. The van der Waals surface area contributed by atoms with Gasteiger partial charge in [0.1, 0.15) is 0 Å². The molecule has 4 nitrogen and oxygen atoms in total. The van der Waals surface area contributed by atoms with Crippen LogP contribution in [0.1, 0.15) is 57.4 Å². The topological polar surface area (TPSA) is 52.9 Å². The van der Waals surface area contributed by atoms with E-state index in [2.05, 4.69) is 22.9 Å². The van der Waals surface area contributed by atoms with E-state index in [4.69, 9.17) is 0 Å². The van der Waals surface area contributed by atoms with Crippen LogP contribution in [0.25, 0.3) is 6.08 Å². The molecule has 1 fully saturated rings. The quantitative estimate of drug-likeness (QED) is 0.802. The highest BCUT2D eigenvalue weighted by molar-refractivity contribution is 5.86. The molecule has 1 aliphatic heterocycles. The van der Waals surface area contributed by atoms with Gasteiger partial charge in [-0.15, -0.1) is 0 Å². The second-order valence-corrected chi connectivity index (χ2v) is 7.18. The summed E-state index contributed by atoms with van der Waals surface area (Å²) in [5.41, 5.74) is 0.0414. The minimum atomic E-state index is -1.05. The van der Waals surface area contributed by atoms with Crippen LogP contribution in [-0.4, -0.2) is 39.9 Å². The van der Waals surface area contributed by atoms with E-state index in [1.165, 1.54) is 12.8 Å². The van der Waals surface area contributed by atoms with Crippen molar-refractivity contribution in [1.82, 2.24) is 4.90 Å². The Labute approximate surface area is 150 Å². The van der Waals surface area contributed by atoms with Crippen molar-refractivity contribution in [2.24, 2.45) is 4.99 Å². The molecule has 1 N–H and O–H groups in total. The smallest absolute Gasteiger partial charge is 0.334 e. The second kappa shape index (κ2) is 7.85. The van der Waals surface area contributed by atoms with Crippen molar-refractivity contribution in [1.29, 1.82) is 0 Å². The second-order valence-electron chi connectivity index (χ2n) is 7.18. The Morgan fingerprint density at radius 3 is 2.68 bits per heavy atom. The van der Waals surface area contributed by atoms with Gasteiger partial charge >= 0.3 is 5.97 Å². The van der Waals surface area contributed by atoms with Gasteiger partial charge in [-0.3, -0.25) is 4.99 Å². The fraction of sp³-hybridized carbons (Fsp3) is 0.524. The fourth-order valence-corrected chi connectivity index (χ4v) is 4.06. The van der Waals surface area contributed by atoms with Gasteiger partial charge in [-0.2, -0.15) is 0 Å². The molecule has 0 amide bonds. The number of carboxylic acids is 1. The molecule has 0 saturated heterocycles. The third-order valence-corrected chi connectivity index (χ3v) is 5.53. The lowest BCUT2D eigenvalue weighted by Crippen LogP contribution is -2.52. The van der Waals surface area contributed by atoms with E-state index in [1.54, 1.807) is 0 Å². The first-order valence-corrected chi connectivity index (χ1v) is 9.47. The number of unbranched alkanes of at least 4 members (excludes halogenated alkanes) is 1. The van der Waals surface area contributed by atoms with E-state index < -0.39 is 11.5 Å². The Morgan fingerprint density at radius 2 is 2.04 bits per heavy atom. The Kier molecular flexibility index (Phi) is 5.57. The van der Waals surface area contributed by atoms with Gasteiger partial charge in [0.2, 0.25) is 0 Å². The molecule has 2 atom stereocenters. The van der Waals surface area contributed by atoms with Crippen LogP contribution in [0.5, 0.6) is 0 Å². The number of nitrogens with zero attached hydrogens (tertiary/aromatic N) is 2. The molecule has 0 aromatic heterocycles.